The number of amides is 4. The number of halogens is 1. The lowest BCUT2D eigenvalue weighted by molar-refractivity contribution is -0.122. The van der Waals surface area contributed by atoms with E-state index in [-0.39, 0.29) is 5.57 Å². The van der Waals surface area contributed by atoms with Gasteiger partial charge >= 0.3 is 6.03 Å². The average molecular weight is 415 g/mol. The van der Waals surface area contributed by atoms with E-state index in [9.17, 15) is 14.4 Å². The lowest BCUT2D eigenvalue weighted by Crippen LogP contribution is -2.54. The Kier molecular flexibility index (Phi) is 4.90. The Balaban J connectivity index is 2.03. The second-order valence-electron chi connectivity index (χ2n) is 5.66. The van der Waals surface area contributed by atoms with Gasteiger partial charge in [-0.25, -0.2) is 9.69 Å². The van der Waals surface area contributed by atoms with Gasteiger partial charge in [-0.3, -0.25) is 14.9 Å². The first-order valence-corrected chi connectivity index (χ1v) is 8.51. The molecule has 3 rings (SSSR count). The molecule has 1 N–H and O–H groups in total. The first kappa shape index (κ1) is 17.9. The van der Waals surface area contributed by atoms with Crippen molar-refractivity contribution in [1.82, 2.24) is 5.32 Å². The summed E-state index contributed by atoms with van der Waals surface area (Å²) >= 11 is 3.31. The summed E-state index contributed by atoms with van der Waals surface area (Å²) in [7, 11) is 1.56. The number of imide groups is 2. The smallest absolute Gasteiger partial charge is 0.335 e. The Morgan fingerprint density at radius 3 is 2.54 bits per heavy atom. The van der Waals surface area contributed by atoms with Gasteiger partial charge in [0.25, 0.3) is 11.8 Å². The van der Waals surface area contributed by atoms with Gasteiger partial charge in [0.05, 0.1) is 12.8 Å². The molecule has 26 heavy (non-hydrogen) atoms. The second kappa shape index (κ2) is 7.13. The second-order valence-corrected chi connectivity index (χ2v) is 6.58. The predicted octanol–water partition coefficient (Wildman–Crippen LogP) is 3.43. The molecular weight excluding hydrogens is 400 g/mol. The van der Waals surface area contributed by atoms with Crippen LogP contribution in [-0.2, 0) is 9.59 Å². The van der Waals surface area contributed by atoms with Crippen molar-refractivity contribution in [2.75, 3.05) is 12.0 Å². The van der Waals surface area contributed by atoms with Gasteiger partial charge in [0.15, 0.2) is 0 Å². The lowest BCUT2D eigenvalue weighted by atomic mass is 10.0. The standard InChI is InChI=1S/C19H15BrN2O4/c1-11-8-15(26-2)7-6-12(11)9-16-17(23)21-19(25)22(18(16)24)14-5-3-4-13(20)10-14/h3-10H,1-2H3,(H,21,23,25)/b16-9-. The number of rotatable bonds is 3. The van der Waals surface area contributed by atoms with Crippen LogP contribution in [0.3, 0.4) is 0 Å². The molecule has 0 aromatic heterocycles. The van der Waals surface area contributed by atoms with Crippen LogP contribution in [-0.4, -0.2) is 25.0 Å². The molecule has 0 atom stereocenters. The van der Waals surface area contributed by atoms with Crippen LogP contribution in [0.1, 0.15) is 11.1 Å². The predicted molar refractivity (Wildman–Crippen MR) is 101 cm³/mol. The van der Waals surface area contributed by atoms with E-state index in [0.29, 0.717) is 21.5 Å². The van der Waals surface area contributed by atoms with Crippen LogP contribution < -0.4 is 15.0 Å². The molecule has 1 fully saturated rings. The van der Waals surface area contributed by atoms with Gasteiger partial charge in [-0.05, 0) is 54.5 Å². The minimum atomic E-state index is -0.776. The van der Waals surface area contributed by atoms with Crippen molar-refractivity contribution in [1.29, 1.82) is 0 Å². The van der Waals surface area contributed by atoms with Crippen LogP contribution in [0.15, 0.2) is 52.5 Å². The SMILES string of the molecule is COc1ccc(/C=C2/C(=O)NC(=O)N(c3cccc(Br)c3)C2=O)c(C)c1. The van der Waals surface area contributed by atoms with Crippen molar-refractivity contribution < 1.29 is 19.1 Å². The molecule has 1 aliphatic heterocycles. The van der Waals surface area contributed by atoms with Crippen molar-refractivity contribution in [2.24, 2.45) is 0 Å². The highest BCUT2D eigenvalue weighted by atomic mass is 79.9. The fraction of sp³-hybridized carbons (Fsp3) is 0.105. The number of nitrogens with zero attached hydrogens (tertiary/aromatic N) is 1. The highest BCUT2D eigenvalue weighted by Crippen LogP contribution is 2.26. The highest BCUT2D eigenvalue weighted by molar-refractivity contribution is 9.10. The molecule has 0 unspecified atom stereocenters. The fourth-order valence-electron chi connectivity index (χ4n) is 2.60. The van der Waals surface area contributed by atoms with Crippen LogP contribution in [0.25, 0.3) is 6.08 Å². The molecule has 6 nitrogen and oxygen atoms in total. The van der Waals surface area contributed by atoms with Gasteiger partial charge < -0.3 is 4.74 Å². The van der Waals surface area contributed by atoms with Gasteiger partial charge in [-0.1, -0.05) is 28.1 Å². The number of barbiturate groups is 1. The molecule has 132 valence electrons. The summed E-state index contributed by atoms with van der Waals surface area (Å²) in [6.45, 7) is 1.84. The third kappa shape index (κ3) is 3.39. The molecule has 0 bridgehead atoms. The van der Waals surface area contributed by atoms with Crippen LogP contribution in [0, 0.1) is 6.92 Å². The number of benzene rings is 2. The molecular formula is C19H15BrN2O4. The summed E-state index contributed by atoms with van der Waals surface area (Å²) in [6.07, 6.45) is 1.48. The zero-order valence-electron chi connectivity index (χ0n) is 14.1. The van der Waals surface area contributed by atoms with Crippen molar-refractivity contribution in [3.63, 3.8) is 0 Å². The summed E-state index contributed by atoms with van der Waals surface area (Å²) in [5.74, 6) is -0.719. The van der Waals surface area contributed by atoms with Gasteiger partial charge in [0.2, 0.25) is 0 Å². The van der Waals surface area contributed by atoms with E-state index in [1.54, 1.807) is 49.6 Å². The van der Waals surface area contributed by atoms with Crippen LogP contribution in [0.2, 0.25) is 0 Å². The largest absolute Gasteiger partial charge is 0.497 e. The van der Waals surface area contributed by atoms with E-state index >= 15 is 0 Å². The number of methoxy groups -OCH3 is 1. The molecule has 2 aromatic rings. The maximum absolute atomic E-state index is 12.8. The molecule has 4 amide bonds. The summed E-state index contributed by atoms with van der Waals surface area (Å²) in [5.41, 5.74) is 1.78. The number of ether oxygens (including phenoxy) is 1. The molecule has 1 aliphatic rings. The summed E-state index contributed by atoms with van der Waals surface area (Å²) in [6, 6.07) is 11.2. The topological polar surface area (TPSA) is 75.7 Å². The number of aryl methyl sites for hydroxylation is 1. The Morgan fingerprint density at radius 2 is 1.88 bits per heavy atom. The summed E-state index contributed by atoms with van der Waals surface area (Å²) in [4.78, 5) is 38.2. The third-order valence-corrected chi connectivity index (χ3v) is 4.44. The van der Waals surface area contributed by atoms with Crippen molar-refractivity contribution >= 4 is 45.5 Å². The molecule has 0 spiro atoms. The Labute approximate surface area is 158 Å². The normalized spacial score (nSPS) is 16.0. The van der Waals surface area contributed by atoms with Gasteiger partial charge in [0.1, 0.15) is 11.3 Å². The molecule has 0 aliphatic carbocycles. The van der Waals surface area contributed by atoms with Gasteiger partial charge in [0, 0.05) is 4.47 Å². The summed E-state index contributed by atoms with van der Waals surface area (Å²) < 4.78 is 5.87. The van der Waals surface area contributed by atoms with E-state index in [0.717, 1.165) is 10.5 Å². The van der Waals surface area contributed by atoms with Gasteiger partial charge in [-0.15, -0.1) is 0 Å². The quantitative estimate of drug-likeness (QED) is 0.616. The van der Waals surface area contributed by atoms with Gasteiger partial charge in [-0.2, -0.15) is 0 Å². The highest BCUT2D eigenvalue weighted by Gasteiger charge is 2.36. The van der Waals surface area contributed by atoms with E-state index < -0.39 is 17.8 Å². The zero-order valence-corrected chi connectivity index (χ0v) is 15.7. The number of anilines is 1. The monoisotopic (exact) mass is 414 g/mol. The number of hydrogen-bond acceptors (Lipinski definition) is 4. The molecule has 0 saturated carbocycles. The molecule has 2 aromatic carbocycles. The van der Waals surface area contributed by atoms with Crippen molar-refractivity contribution in [3.05, 3.63) is 63.6 Å². The maximum Gasteiger partial charge on any atom is 0.335 e. The number of carbonyl (C=O) groups excluding carboxylic acids is 3. The molecule has 7 heteroatoms. The molecule has 0 radical (unpaired) electrons. The Bertz CT molecular complexity index is 952. The number of urea groups is 1. The number of hydrogen-bond donors (Lipinski definition) is 1. The first-order chi connectivity index (χ1) is 12.4. The van der Waals surface area contributed by atoms with E-state index in [1.165, 1.54) is 6.08 Å². The van der Waals surface area contributed by atoms with Crippen LogP contribution >= 0.6 is 15.9 Å². The minimum absolute atomic E-state index is 0.113. The molecule has 1 saturated heterocycles. The molecule has 1 heterocycles. The van der Waals surface area contributed by atoms with Crippen molar-refractivity contribution in [2.45, 2.75) is 6.92 Å². The maximum atomic E-state index is 12.8. The first-order valence-electron chi connectivity index (χ1n) is 7.72. The van der Waals surface area contributed by atoms with Crippen molar-refractivity contribution in [3.8, 4) is 5.75 Å². The van der Waals surface area contributed by atoms with E-state index in [2.05, 4.69) is 21.2 Å². The van der Waals surface area contributed by atoms with Crippen LogP contribution in [0.4, 0.5) is 10.5 Å². The number of nitrogens with one attached hydrogen (secondary N) is 1. The van der Waals surface area contributed by atoms with Crippen LogP contribution in [0.5, 0.6) is 5.75 Å². The number of carbonyl (C=O) groups is 3. The lowest BCUT2D eigenvalue weighted by Gasteiger charge is -2.26. The van der Waals surface area contributed by atoms with E-state index in [1.807, 2.05) is 6.92 Å². The Hall–Kier alpha value is -2.93. The summed E-state index contributed by atoms with van der Waals surface area (Å²) in [5, 5.41) is 2.21. The van der Waals surface area contributed by atoms with E-state index in [4.69, 9.17) is 4.74 Å². The Morgan fingerprint density at radius 1 is 1.12 bits per heavy atom. The zero-order chi connectivity index (χ0) is 18.8. The average Bonchev–Trinajstić information content (AvgIpc) is 2.59. The fourth-order valence-corrected chi connectivity index (χ4v) is 2.99. The minimum Gasteiger partial charge on any atom is -0.497 e. The third-order valence-electron chi connectivity index (χ3n) is 3.94.